The molecular weight excluding hydrogens is 202 g/mol. The maximum absolute atomic E-state index is 10.9. The topological polar surface area (TPSA) is 59.4 Å². The highest BCUT2D eigenvalue weighted by Gasteiger charge is 2.27. The lowest BCUT2D eigenvalue weighted by Gasteiger charge is -2.23. The van der Waals surface area contributed by atoms with E-state index in [1.54, 1.807) is 10.9 Å². The number of hydrogen-bond donors (Lipinski definition) is 1. The smallest absolute Gasteiger partial charge is 0.339 e. The molecule has 0 amide bonds. The maximum atomic E-state index is 10.9. The summed E-state index contributed by atoms with van der Waals surface area (Å²) in [6.07, 6.45) is -0.971. The number of thiazole rings is 1. The SMILES string of the molecule is CC(C)(C)OC(C(=O)O)c1cscn1. The molecule has 0 saturated heterocycles. The molecule has 1 aromatic heterocycles. The summed E-state index contributed by atoms with van der Waals surface area (Å²) in [5.41, 5.74) is 1.56. The van der Waals surface area contributed by atoms with Crippen LogP contribution in [0.15, 0.2) is 10.9 Å². The number of ether oxygens (including phenoxy) is 1. The molecule has 0 aliphatic carbocycles. The van der Waals surface area contributed by atoms with Crippen LogP contribution in [0.5, 0.6) is 0 Å². The van der Waals surface area contributed by atoms with Crippen LogP contribution in [0.2, 0.25) is 0 Å². The summed E-state index contributed by atoms with van der Waals surface area (Å²) in [5.74, 6) is -1.01. The molecular formula is C9H13NO3S. The highest BCUT2D eigenvalue weighted by Crippen LogP contribution is 2.23. The van der Waals surface area contributed by atoms with Crippen molar-refractivity contribution in [2.75, 3.05) is 0 Å². The Morgan fingerprint density at radius 3 is 2.64 bits per heavy atom. The summed E-state index contributed by atoms with van der Waals surface area (Å²) < 4.78 is 5.39. The molecule has 0 aromatic carbocycles. The molecule has 0 aliphatic rings. The summed E-state index contributed by atoms with van der Waals surface area (Å²) >= 11 is 1.36. The Bertz CT molecular complexity index is 302. The van der Waals surface area contributed by atoms with Crippen LogP contribution in [0.1, 0.15) is 32.6 Å². The van der Waals surface area contributed by atoms with E-state index >= 15 is 0 Å². The van der Waals surface area contributed by atoms with Crippen LogP contribution >= 0.6 is 11.3 Å². The number of carbonyl (C=O) groups is 1. The van der Waals surface area contributed by atoms with Gasteiger partial charge in [0.15, 0.2) is 6.10 Å². The zero-order chi connectivity index (χ0) is 10.8. The predicted molar refractivity (Wildman–Crippen MR) is 53.3 cm³/mol. The number of rotatable bonds is 3. The molecule has 0 fully saturated rings. The summed E-state index contributed by atoms with van der Waals surface area (Å²) in [6.45, 7) is 5.44. The molecule has 5 heteroatoms. The van der Waals surface area contributed by atoms with Crippen LogP contribution in [0, 0.1) is 0 Å². The van der Waals surface area contributed by atoms with E-state index in [0.29, 0.717) is 5.69 Å². The largest absolute Gasteiger partial charge is 0.479 e. The molecule has 0 aliphatic heterocycles. The molecule has 0 bridgehead atoms. The van der Waals surface area contributed by atoms with E-state index in [1.165, 1.54) is 11.3 Å². The van der Waals surface area contributed by atoms with Crippen LogP contribution in [0.25, 0.3) is 0 Å². The second-order valence-corrected chi connectivity index (χ2v) is 4.58. The summed E-state index contributed by atoms with van der Waals surface area (Å²) in [7, 11) is 0. The van der Waals surface area contributed by atoms with Gasteiger partial charge < -0.3 is 9.84 Å². The van der Waals surface area contributed by atoms with Crippen LogP contribution in [0.3, 0.4) is 0 Å². The highest BCUT2D eigenvalue weighted by atomic mass is 32.1. The van der Waals surface area contributed by atoms with Gasteiger partial charge in [0.25, 0.3) is 0 Å². The number of aliphatic carboxylic acids is 1. The molecule has 1 N–H and O–H groups in total. The molecule has 0 spiro atoms. The van der Waals surface area contributed by atoms with Crippen molar-refractivity contribution >= 4 is 17.3 Å². The Kier molecular flexibility index (Phi) is 3.23. The second kappa shape index (κ2) is 4.06. The van der Waals surface area contributed by atoms with Gasteiger partial charge in [0.05, 0.1) is 16.8 Å². The van der Waals surface area contributed by atoms with Crippen molar-refractivity contribution in [3.8, 4) is 0 Å². The van der Waals surface area contributed by atoms with Crippen molar-refractivity contribution in [2.45, 2.75) is 32.5 Å². The first-order chi connectivity index (χ1) is 6.40. The standard InChI is InChI=1S/C9H13NO3S/c1-9(2,3)13-7(8(11)12)6-4-14-5-10-6/h4-5,7H,1-3H3,(H,11,12). The van der Waals surface area contributed by atoms with Crippen LogP contribution < -0.4 is 0 Å². The quantitative estimate of drug-likeness (QED) is 0.838. The van der Waals surface area contributed by atoms with Gasteiger partial charge in [0.2, 0.25) is 0 Å². The van der Waals surface area contributed by atoms with Crippen molar-refractivity contribution < 1.29 is 14.6 Å². The Morgan fingerprint density at radius 1 is 1.64 bits per heavy atom. The van der Waals surface area contributed by atoms with Crippen LogP contribution in [0.4, 0.5) is 0 Å². The van der Waals surface area contributed by atoms with Crippen molar-refractivity contribution in [3.63, 3.8) is 0 Å². The molecule has 1 heterocycles. The number of carboxylic acids is 1. The van der Waals surface area contributed by atoms with E-state index in [2.05, 4.69) is 4.98 Å². The number of nitrogens with zero attached hydrogens (tertiary/aromatic N) is 1. The predicted octanol–water partition coefficient (Wildman–Crippen LogP) is 2.08. The first kappa shape index (κ1) is 11.1. The van der Waals surface area contributed by atoms with Gasteiger partial charge in [0.1, 0.15) is 0 Å². The Morgan fingerprint density at radius 2 is 2.29 bits per heavy atom. The fourth-order valence-electron chi connectivity index (χ4n) is 0.942. The first-order valence-electron chi connectivity index (χ1n) is 4.19. The van der Waals surface area contributed by atoms with Gasteiger partial charge >= 0.3 is 5.97 Å². The van der Waals surface area contributed by atoms with Crippen LogP contribution in [-0.4, -0.2) is 21.7 Å². The number of carboxylic acid groups (broad SMARTS) is 1. The molecule has 1 unspecified atom stereocenters. The lowest BCUT2D eigenvalue weighted by molar-refractivity contribution is -0.161. The minimum absolute atomic E-state index is 0.456. The Labute approximate surface area is 86.6 Å². The van der Waals surface area contributed by atoms with Gasteiger partial charge in [-0.05, 0) is 20.8 Å². The Hall–Kier alpha value is -0.940. The normalized spacial score (nSPS) is 13.9. The third-order valence-corrected chi connectivity index (χ3v) is 2.02. The molecule has 78 valence electrons. The monoisotopic (exact) mass is 215 g/mol. The number of aromatic nitrogens is 1. The minimum Gasteiger partial charge on any atom is -0.479 e. The van der Waals surface area contributed by atoms with Crippen molar-refractivity contribution in [3.05, 3.63) is 16.6 Å². The van der Waals surface area contributed by atoms with Crippen molar-refractivity contribution in [2.24, 2.45) is 0 Å². The molecule has 0 saturated carbocycles. The zero-order valence-electron chi connectivity index (χ0n) is 8.35. The van der Waals surface area contributed by atoms with E-state index < -0.39 is 17.7 Å². The van der Waals surface area contributed by atoms with Gasteiger partial charge in [0, 0.05) is 5.38 Å². The van der Waals surface area contributed by atoms with Gasteiger partial charge in [-0.2, -0.15) is 0 Å². The fraction of sp³-hybridized carbons (Fsp3) is 0.556. The number of hydrogen-bond acceptors (Lipinski definition) is 4. The van der Waals surface area contributed by atoms with Gasteiger partial charge in [-0.1, -0.05) is 0 Å². The Balaban J connectivity index is 2.82. The molecule has 1 rings (SSSR count). The molecule has 1 atom stereocenters. The van der Waals surface area contributed by atoms with Gasteiger partial charge in [-0.15, -0.1) is 11.3 Å². The maximum Gasteiger partial charge on any atom is 0.339 e. The van der Waals surface area contributed by atoms with E-state index in [4.69, 9.17) is 9.84 Å². The highest BCUT2D eigenvalue weighted by molar-refractivity contribution is 7.07. The minimum atomic E-state index is -1.01. The summed E-state index contributed by atoms with van der Waals surface area (Å²) in [5, 5.41) is 10.6. The van der Waals surface area contributed by atoms with E-state index in [1.807, 2.05) is 20.8 Å². The van der Waals surface area contributed by atoms with E-state index in [-0.39, 0.29) is 0 Å². The fourth-order valence-corrected chi connectivity index (χ4v) is 1.51. The molecule has 0 radical (unpaired) electrons. The van der Waals surface area contributed by atoms with E-state index in [9.17, 15) is 4.79 Å². The third kappa shape index (κ3) is 3.08. The summed E-state index contributed by atoms with van der Waals surface area (Å²) in [4.78, 5) is 14.8. The first-order valence-corrected chi connectivity index (χ1v) is 5.13. The molecule has 4 nitrogen and oxygen atoms in total. The lowest BCUT2D eigenvalue weighted by Crippen LogP contribution is -2.27. The van der Waals surface area contributed by atoms with Crippen molar-refractivity contribution in [1.29, 1.82) is 0 Å². The molecule has 14 heavy (non-hydrogen) atoms. The average Bonchev–Trinajstić information content (AvgIpc) is 2.49. The van der Waals surface area contributed by atoms with Gasteiger partial charge in [-0.25, -0.2) is 9.78 Å². The van der Waals surface area contributed by atoms with E-state index in [0.717, 1.165) is 0 Å². The van der Waals surface area contributed by atoms with Gasteiger partial charge in [-0.3, -0.25) is 0 Å². The van der Waals surface area contributed by atoms with Crippen LogP contribution in [-0.2, 0) is 9.53 Å². The second-order valence-electron chi connectivity index (χ2n) is 3.86. The average molecular weight is 215 g/mol. The lowest BCUT2D eigenvalue weighted by atomic mass is 10.1. The third-order valence-electron chi connectivity index (χ3n) is 1.42. The van der Waals surface area contributed by atoms with Crippen molar-refractivity contribution in [1.82, 2.24) is 4.98 Å². The summed E-state index contributed by atoms with van der Waals surface area (Å²) in [6, 6.07) is 0. The molecule has 1 aromatic rings. The zero-order valence-corrected chi connectivity index (χ0v) is 9.17.